The molecule has 0 spiro atoms. The molecule has 3 rings (SSSR count). The van der Waals surface area contributed by atoms with E-state index in [4.69, 9.17) is 9.73 Å². The molecular weight excluding hydrogens is 489 g/mol. The van der Waals surface area contributed by atoms with Gasteiger partial charge in [0.1, 0.15) is 5.75 Å². The molecule has 2 N–H and O–H groups in total. The third kappa shape index (κ3) is 7.37. The summed E-state index contributed by atoms with van der Waals surface area (Å²) in [7, 11) is 1.68. The van der Waals surface area contributed by atoms with Crippen molar-refractivity contribution in [2.75, 3.05) is 20.2 Å². The zero-order chi connectivity index (χ0) is 20.3. The van der Waals surface area contributed by atoms with Crippen LogP contribution in [0.15, 0.2) is 72.0 Å². The van der Waals surface area contributed by atoms with E-state index in [9.17, 15) is 0 Å². The molecule has 0 radical (unpaired) electrons. The van der Waals surface area contributed by atoms with Crippen LogP contribution in [0.2, 0.25) is 0 Å². The number of rotatable bonds is 9. The third-order valence-corrected chi connectivity index (χ3v) is 4.63. The van der Waals surface area contributed by atoms with Crippen LogP contribution >= 0.6 is 24.0 Å². The van der Waals surface area contributed by atoms with Crippen molar-refractivity contribution in [3.05, 3.63) is 83.7 Å². The number of ether oxygens (including phenoxy) is 1. The number of aromatic nitrogens is 2. The molecule has 0 aliphatic heterocycles. The second-order valence-electron chi connectivity index (χ2n) is 6.69. The molecule has 7 heteroatoms. The fraction of sp³-hybridized carbons (Fsp3) is 0.304. The summed E-state index contributed by atoms with van der Waals surface area (Å²) in [5, 5.41) is 11.1. The lowest BCUT2D eigenvalue weighted by Gasteiger charge is -2.13. The first kappa shape index (κ1) is 23.7. The minimum Gasteiger partial charge on any atom is -0.497 e. The molecular formula is C23H30IN5O. The molecule has 0 saturated carbocycles. The number of guanidine groups is 1. The van der Waals surface area contributed by atoms with E-state index in [2.05, 4.69) is 59.1 Å². The van der Waals surface area contributed by atoms with Crippen LogP contribution in [0.4, 0.5) is 0 Å². The van der Waals surface area contributed by atoms with E-state index in [-0.39, 0.29) is 24.0 Å². The largest absolute Gasteiger partial charge is 0.497 e. The highest BCUT2D eigenvalue weighted by molar-refractivity contribution is 14.0. The Labute approximate surface area is 195 Å². The van der Waals surface area contributed by atoms with Gasteiger partial charge >= 0.3 is 0 Å². The average Bonchev–Trinajstić information content (AvgIpc) is 3.26. The molecule has 0 aliphatic carbocycles. The van der Waals surface area contributed by atoms with Gasteiger partial charge < -0.3 is 15.4 Å². The van der Waals surface area contributed by atoms with E-state index < -0.39 is 0 Å². The number of benzene rings is 2. The summed E-state index contributed by atoms with van der Waals surface area (Å²) in [6, 6.07) is 18.5. The number of hydrogen-bond acceptors (Lipinski definition) is 3. The molecule has 0 fully saturated rings. The van der Waals surface area contributed by atoms with E-state index in [0.29, 0.717) is 6.54 Å². The smallest absolute Gasteiger partial charge is 0.191 e. The molecule has 0 amide bonds. The SMILES string of the molecule is CCNC(=NCc1ccccc1Cn1cccn1)NCCc1ccc(OC)cc1.I. The summed E-state index contributed by atoms with van der Waals surface area (Å²) >= 11 is 0. The van der Waals surface area contributed by atoms with Crippen LogP contribution in [0.5, 0.6) is 5.75 Å². The molecule has 2 aromatic carbocycles. The van der Waals surface area contributed by atoms with Gasteiger partial charge in [-0.2, -0.15) is 5.10 Å². The molecule has 1 aromatic heterocycles. The van der Waals surface area contributed by atoms with E-state index >= 15 is 0 Å². The highest BCUT2D eigenvalue weighted by atomic mass is 127. The Hall–Kier alpha value is -2.55. The molecule has 30 heavy (non-hydrogen) atoms. The van der Waals surface area contributed by atoms with E-state index in [1.165, 1.54) is 16.7 Å². The van der Waals surface area contributed by atoms with Gasteiger partial charge in [0.05, 0.1) is 20.2 Å². The van der Waals surface area contributed by atoms with Crippen LogP contribution in [-0.2, 0) is 19.5 Å². The minimum absolute atomic E-state index is 0. The topological polar surface area (TPSA) is 63.5 Å². The Morgan fingerprint density at radius 2 is 1.80 bits per heavy atom. The van der Waals surface area contributed by atoms with Crippen molar-refractivity contribution < 1.29 is 4.74 Å². The van der Waals surface area contributed by atoms with Gasteiger partial charge in [-0.05, 0) is 48.2 Å². The third-order valence-electron chi connectivity index (χ3n) is 4.63. The maximum atomic E-state index is 5.21. The summed E-state index contributed by atoms with van der Waals surface area (Å²) in [5.41, 5.74) is 3.70. The summed E-state index contributed by atoms with van der Waals surface area (Å²) in [5.74, 6) is 1.71. The Kier molecular flexibility index (Phi) is 10.2. The molecule has 3 aromatic rings. The van der Waals surface area contributed by atoms with Crippen molar-refractivity contribution in [1.82, 2.24) is 20.4 Å². The lowest BCUT2D eigenvalue weighted by Crippen LogP contribution is -2.38. The first-order valence-electron chi connectivity index (χ1n) is 9.98. The van der Waals surface area contributed by atoms with Crippen molar-refractivity contribution in [3.63, 3.8) is 0 Å². The Morgan fingerprint density at radius 1 is 1.03 bits per heavy atom. The lowest BCUT2D eigenvalue weighted by molar-refractivity contribution is 0.414. The molecule has 0 aliphatic rings. The van der Waals surface area contributed by atoms with Gasteiger partial charge in [0.15, 0.2) is 5.96 Å². The summed E-state index contributed by atoms with van der Waals surface area (Å²) < 4.78 is 7.14. The second kappa shape index (κ2) is 12.9. The zero-order valence-electron chi connectivity index (χ0n) is 17.5. The number of nitrogens with zero attached hydrogens (tertiary/aromatic N) is 3. The van der Waals surface area contributed by atoms with Crippen LogP contribution in [0, 0.1) is 0 Å². The van der Waals surface area contributed by atoms with Crippen molar-refractivity contribution >= 4 is 29.9 Å². The maximum absolute atomic E-state index is 5.21. The Balaban J connectivity index is 0.00000320. The minimum atomic E-state index is 0. The van der Waals surface area contributed by atoms with E-state index in [1.807, 2.05) is 29.1 Å². The molecule has 0 atom stereocenters. The summed E-state index contributed by atoms with van der Waals surface area (Å²) in [6.07, 6.45) is 4.70. The number of hydrogen-bond donors (Lipinski definition) is 2. The van der Waals surface area contributed by atoms with Gasteiger partial charge in [-0.3, -0.25) is 4.68 Å². The quantitative estimate of drug-likeness (QED) is 0.256. The maximum Gasteiger partial charge on any atom is 0.191 e. The predicted octanol–water partition coefficient (Wildman–Crippen LogP) is 3.86. The van der Waals surface area contributed by atoms with Crippen molar-refractivity contribution in [3.8, 4) is 5.75 Å². The van der Waals surface area contributed by atoms with Crippen LogP contribution in [0.3, 0.4) is 0 Å². The monoisotopic (exact) mass is 519 g/mol. The van der Waals surface area contributed by atoms with Gasteiger partial charge in [0.25, 0.3) is 0 Å². The van der Waals surface area contributed by atoms with Gasteiger partial charge in [-0.1, -0.05) is 36.4 Å². The fourth-order valence-corrected chi connectivity index (χ4v) is 3.06. The number of aliphatic imine (C=N–C) groups is 1. The van der Waals surface area contributed by atoms with Gasteiger partial charge in [0, 0.05) is 25.5 Å². The lowest BCUT2D eigenvalue weighted by atomic mass is 10.1. The number of halogens is 1. The normalized spacial score (nSPS) is 10.9. The second-order valence-corrected chi connectivity index (χ2v) is 6.69. The Bertz CT molecular complexity index is 894. The highest BCUT2D eigenvalue weighted by Crippen LogP contribution is 2.12. The van der Waals surface area contributed by atoms with Crippen LogP contribution in [0.1, 0.15) is 23.6 Å². The van der Waals surface area contributed by atoms with Crippen LogP contribution in [-0.4, -0.2) is 35.9 Å². The first-order valence-corrected chi connectivity index (χ1v) is 9.98. The molecule has 0 saturated heterocycles. The zero-order valence-corrected chi connectivity index (χ0v) is 19.9. The van der Waals surface area contributed by atoms with Gasteiger partial charge in [-0.15, -0.1) is 24.0 Å². The molecule has 1 heterocycles. The van der Waals surface area contributed by atoms with Crippen molar-refractivity contribution in [1.29, 1.82) is 0 Å². The van der Waals surface area contributed by atoms with Crippen molar-refractivity contribution in [2.24, 2.45) is 4.99 Å². The summed E-state index contributed by atoms with van der Waals surface area (Å²) in [6.45, 7) is 5.08. The van der Waals surface area contributed by atoms with Crippen molar-refractivity contribution in [2.45, 2.75) is 26.4 Å². The predicted molar refractivity (Wildman–Crippen MR) is 133 cm³/mol. The van der Waals surface area contributed by atoms with Crippen LogP contribution in [0.25, 0.3) is 0 Å². The summed E-state index contributed by atoms with van der Waals surface area (Å²) in [4.78, 5) is 4.78. The van der Waals surface area contributed by atoms with E-state index in [1.54, 1.807) is 13.3 Å². The highest BCUT2D eigenvalue weighted by Gasteiger charge is 2.04. The number of methoxy groups -OCH3 is 1. The average molecular weight is 519 g/mol. The number of nitrogens with one attached hydrogen (secondary N) is 2. The molecule has 160 valence electrons. The standard InChI is InChI=1S/C23H29N5O.HI/c1-3-24-23(25-15-13-19-9-11-22(29-2)12-10-19)26-17-20-7-4-5-8-21(20)18-28-16-6-14-27-28;/h4-12,14,16H,3,13,15,17-18H2,1-2H3,(H2,24,25,26);1H. The van der Waals surface area contributed by atoms with Gasteiger partial charge in [0.2, 0.25) is 0 Å². The molecule has 6 nitrogen and oxygen atoms in total. The molecule has 0 unspecified atom stereocenters. The fourth-order valence-electron chi connectivity index (χ4n) is 3.06. The van der Waals surface area contributed by atoms with Gasteiger partial charge in [-0.25, -0.2) is 4.99 Å². The van der Waals surface area contributed by atoms with E-state index in [0.717, 1.165) is 37.8 Å². The first-order chi connectivity index (χ1) is 14.3. The molecule has 0 bridgehead atoms. The Morgan fingerprint density at radius 3 is 2.47 bits per heavy atom. The van der Waals surface area contributed by atoms with Crippen LogP contribution < -0.4 is 15.4 Å².